The van der Waals surface area contributed by atoms with Crippen LogP contribution in [0.25, 0.3) is 0 Å². The summed E-state index contributed by atoms with van der Waals surface area (Å²) in [5, 5.41) is 19.0. The Labute approximate surface area is 179 Å². The maximum Gasteiger partial charge on any atom is 0.303 e. The summed E-state index contributed by atoms with van der Waals surface area (Å²) in [6.07, 6.45) is 11.3. The minimum Gasteiger partial charge on any atom is -0.481 e. The minimum absolute atomic E-state index is 0.184. The van der Waals surface area contributed by atoms with Crippen molar-refractivity contribution in [3.63, 3.8) is 0 Å². The summed E-state index contributed by atoms with van der Waals surface area (Å²) >= 11 is 0. The van der Waals surface area contributed by atoms with E-state index in [0.29, 0.717) is 36.8 Å². The number of hydrazine groups is 1. The molecule has 2 saturated carbocycles. The number of hydrogen-bond donors (Lipinski definition) is 4. The molecule has 0 radical (unpaired) electrons. The molecule has 166 valence electrons. The van der Waals surface area contributed by atoms with E-state index in [2.05, 4.69) is 36.9 Å². The first-order valence-corrected chi connectivity index (χ1v) is 11.6. The van der Waals surface area contributed by atoms with Crippen molar-refractivity contribution in [2.75, 3.05) is 13.1 Å². The molecule has 6 atom stereocenters. The Morgan fingerprint density at radius 2 is 1.27 bits per heavy atom. The summed E-state index contributed by atoms with van der Waals surface area (Å²) in [6, 6.07) is 0. The molecular weight excluding hydrogens is 380 g/mol. The third-order valence-corrected chi connectivity index (χ3v) is 8.57. The Morgan fingerprint density at radius 1 is 0.867 bits per heavy atom. The van der Waals surface area contributed by atoms with Crippen LogP contribution in [-0.2, 0) is 9.59 Å². The SMILES string of the molecule is CCC1=C[C@@H]2[C@H](C1)C[C@]2(CNNC[C@@]1(CC(=O)O)C[C@@H]2CC(CC)=C[C@@H]21)CC(=O)O. The van der Waals surface area contributed by atoms with E-state index >= 15 is 0 Å². The van der Waals surface area contributed by atoms with Gasteiger partial charge in [0.25, 0.3) is 0 Å². The molecule has 4 rings (SSSR count). The molecule has 6 nitrogen and oxygen atoms in total. The Bertz CT molecular complexity index is 711. The second kappa shape index (κ2) is 8.12. The summed E-state index contributed by atoms with van der Waals surface area (Å²) < 4.78 is 0. The highest BCUT2D eigenvalue weighted by Crippen LogP contribution is 2.61. The van der Waals surface area contributed by atoms with Crippen molar-refractivity contribution in [3.05, 3.63) is 23.3 Å². The average molecular weight is 417 g/mol. The van der Waals surface area contributed by atoms with Crippen LogP contribution >= 0.6 is 0 Å². The number of carboxylic acids is 2. The summed E-state index contributed by atoms with van der Waals surface area (Å²) in [5.74, 6) is 0.431. The van der Waals surface area contributed by atoms with Crippen molar-refractivity contribution in [3.8, 4) is 0 Å². The van der Waals surface area contributed by atoms with Gasteiger partial charge in [-0.2, -0.15) is 0 Å². The Morgan fingerprint density at radius 3 is 1.60 bits per heavy atom. The van der Waals surface area contributed by atoms with Crippen LogP contribution in [0.15, 0.2) is 23.3 Å². The van der Waals surface area contributed by atoms with E-state index in [1.54, 1.807) is 0 Å². The molecule has 0 heterocycles. The molecule has 0 spiro atoms. The van der Waals surface area contributed by atoms with Crippen LogP contribution in [0.2, 0.25) is 0 Å². The molecule has 4 aliphatic carbocycles. The van der Waals surface area contributed by atoms with Crippen molar-refractivity contribution in [2.45, 2.75) is 65.2 Å². The number of carbonyl (C=O) groups is 2. The van der Waals surface area contributed by atoms with Gasteiger partial charge in [0.15, 0.2) is 0 Å². The molecular formula is C24H36N2O4. The maximum atomic E-state index is 11.6. The Hall–Kier alpha value is -1.66. The summed E-state index contributed by atoms with van der Waals surface area (Å²) in [5.41, 5.74) is 9.12. The van der Waals surface area contributed by atoms with Gasteiger partial charge in [-0.3, -0.25) is 20.4 Å². The maximum absolute atomic E-state index is 11.6. The van der Waals surface area contributed by atoms with Gasteiger partial charge in [-0.25, -0.2) is 0 Å². The second-order valence-corrected chi connectivity index (χ2v) is 10.3. The van der Waals surface area contributed by atoms with Crippen molar-refractivity contribution in [1.29, 1.82) is 0 Å². The molecule has 4 N–H and O–H groups in total. The second-order valence-electron chi connectivity index (χ2n) is 10.3. The normalized spacial score (nSPS) is 38.7. The molecule has 2 fully saturated rings. The van der Waals surface area contributed by atoms with Gasteiger partial charge >= 0.3 is 11.9 Å². The number of carboxylic acid groups (broad SMARTS) is 2. The highest BCUT2D eigenvalue weighted by molar-refractivity contribution is 5.68. The Kier molecular flexibility index (Phi) is 5.84. The molecule has 0 saturated heterocycles. The summed E-state index contributed by atoms with van der Waals surface area (Å²) in [7, 11) is 0. The van der Waals surface area contributed by atoms with Crippen LogP contribution in [-0.4, -0.2) is 35.2 Å². The van der Waals surface area contributed by atoms with Crippen molar-refractivity contribution in [2.24, 2.45) is 34.5 Å². The lowest BCUT2D eigenvalue weighted by atomic mass is 9.53. The monoisotopic (exact) mass is 416 g/mol. The zero-order valence-corrected chi connectivity index (χ0v) is 18.2. The van der Waals surface area contributed by atoms with Gasteiger partial charge in [0.05, 0.1) is 12.8 Å². The lowest BCUT2D eigenvalue weighted by Crippen LogP contribution is -2.58. The highest BCUT2D eigenvalue weighted by Gasteiger charge is 2.57. The average Bonchev–Trinajstić information content (AvgIpc) is 3.20. The van der Waals surface area contributed by atoms with Gasteiger partial charge < -0.3 is 10.2 Å². The van der Waals surface area contributed by atoms with Crippen LogP contribution in [0.4, 0.5) is 0 Å². The van der Waals surface area contributed by atoms with Gasteiger partial charge in [0, 0.05) is 23.9 Å². The molecule has 0 amide bonds. The molecule has 0 aromatic rings. The number of allylic oxidation sites excluding steroid dienone is 4. The summed E-state index contributed by atoms with van der Waals surface area (Å²) in [4.78, 5) is 23.1. The van der Waals surface area contributed by atoms with E-state index < -0.39 is 11.9 Å². The molecule has 4 aliphatic rings. The third-order valence-electron chi connectivity index (χ3n) is 8.57. The fourth-order valence-corrected chi connectivity index (χ4v) is 7.08. The fraction of sp³-hybridized carbons (Fsp3) is 0.750. The zero-order chi connectivity index (χ0) is 21.5. The Balaban J connectivity index is 1.36. The van der Waals surface area contributed by atoms with Crippen LogP contribution in [0.1, 0.15) is 65.2 Å². The van der Waals surface area contributed by atoms with Gasteiger partial charge in [-0.1, -0.05) is 37.1 Å². The standard InChI is InChI=1S/C24H36N2O4/c1-3-15-5-17-9-23(11-21(27)28,19(17)7-15)13-25-26-14-24(12-22(29)30)10-18-6-16(4-2)8-20(18)24/h7-8,17-20,25-26H,3-6,9-14H2,1-2H3,(H,27,28)(H,29,30)/t17-,18+,19-,20+,23-,24+. The molecule has 0 bridgehead atoms. The molecule has 0 aliphatic heterocycles. The number of aliphatic carboxylic acids is 2. The lowest BCUT2D eigenvalue weighted by Gasteiger charge is -2.53. The van der Waals surface area contributed by atoms with Crippen molar-refractivity contribution < 1.29 is 19.8 Å². The predicted octanol–water partition coefficient (Wildman–Crippen LogP) is 3.76. The van der Waals surface area contributed by atoms with E-state index in [9.17, 15) is 19.8 Å². The van der Waals surface area contributed by atoms with E-state index in [1.165, 1.54) is 11.1 Å². The molecule has 30 heavy (non-hydrogen) atoms. The molecule has 0 aromatic heterocycles. The largest absolute Gasteiger partial charge is 0.481 e. The quantitative estimate of drug-likeness (QED) is 0.233. The van der Waals surface area contributed by atoms with E-state index in [0.717, 1.165) is 38.5 Å². The predicted molar refractivity (Wildman–Crippen MR) is 115 cm³/mol. The van der Waals surface area contributed by atoms with Crippen LogP contribution in [0.3, 0.4) is 0 Å². The van der Waals surface area contributed by atoms with Crippen molar-refractivity contribution >= 4 is 11.9 Å². The number of hydrogen-bond acceptors (Lipinski definition) is 4. The first-order valence-electron chi connectivity index (χ1n) is 11.6. The minimum atomic E-state index is -0.735. The van der Waals surface area contributed by atoms with Crippen LogP contribution in [0.5, 0.6) is 0 Å². The first kappa shape index (κ1) is 21.6. The lowest BCUT2D eigenvalue weighted by molar-refractivity contribution is -0.146. The van der Waals surface area contributed by atoms with E-state index in [-0.39, 0.29) is 23.7 Å². The third kappa shape index (κ3) is 3.73. The number of fused-ring (bicyclic) bond motifs is 2. The fourth-order valence-electron chi connectivity index (χ4n) is 7.08. The number of rotatable bonds is 11. The van der Waals surface area contributed by atoms with Gasteiger partial charge in [0.2, 0.25) is 0 Å². The van der Waals surface area contributed by atoms with Gasteiger partial charge in [-0.05, 0) is 62.2 Å². The van der Waals surface area contributed by atoms with E-state index in [1.807, 2.05) is 0 Å². The highest BCUT2D eigenvalue weighted by atomic mass is 16.4. The number of nitrogens with one attached hydrogen (secondary N) is 2. The smallest absolute Gasteiger partial charge is 0.303 e. The van der Waals surface area contributed by atoms with Crippen LogP contribution < -0.4 is 10.9 Å². The topological polar surface area (TPSA) is 98.7 Å². The zero-order valence-electron chi connectivity index (χ0n) is 18.2. The van der Waals surface area contributed by atoms with Crippen molar-refractivity contribution in [1.82, 2.24) is 10.9 Å². The first-order chi connectivity index (χ1) is 14.3. The molecule has 0 unspecified atom stereocenters. The van der Waals surface area contributed by atoms with Crippen LogP contribution in [0, 0.1) is 34.5 Å². The molecule has 0 aromatic carbocycles. The van der Waals surface area contributed by atoms with E-state index in [4.69, 9.17) is 0 Å². The summed E-state index contributed by atoms with van der Waals surface area (Å²) in [6.45, 7) is 5.57. The molecule has 6 heteroatoms. The van der Waals surface area contributed by atoms with Gasteiger partial charge in [-0.15, -0.1) is 0 Å². The van der Waals surface area contributed by atoms with Gasteiger partial charge in [0.1, 0.15) is 0 Å².